The van der Waals surface area contributed by atoms with Crippen LogP contribution >= 0.6 is 0 Å². The van der Waals surface area contributed by atoms with Gasteiger partial charge in [-0.25, -0.2) is 19.2 Å². The van der Waals surface area contributed by atoms with Gasteiger partial charge in [-0.05, 0) is 122 Å². The molecule has 1 fully saturated rings. The van der Waals surface area contributed by atoms with Gasteiger partial charge in [-0.2, -0.15) is 0 Å². The first kappa shape index (κ1) is 44.9. The molecule has 1 heterocycles. The zero-order valence-corrected chi connectivity index (χ0v) is 33.8. The molecule has 4 aromatic carbocycles. The van der Waals surface area contributed by atoms with E-state index in [4.69, 9.17) is 37.9 Å². The molecule has 0 aliphatic carbocycles. The van der Waals surface area contributed by atoms with Crippen molar-refractivity contribution in [3.8, 4) is 33.8 Å². The first-order chi connectivity index (χ1) is 29.3. The Balaban J connectivity index is 1.02. The average Bonchev–Trinajstić information content (AvgIpc) is 3.29. The molecule has 0 spiro atoms. The summed E-state index contributed by atoms with van der Waals surface area (Å²) >= 11 is 0. The predicted molar refractivity (Wildman–Crippen MR) is 224 cm³/mol. The fourth-order valence-electron chi connectivity index (χ4n) is 6.06. The van der Waals surface area contributed by atoms with Crippen molar-refractivity contribution >= 4 is 23.9 Å². The molecule has 0 amide bonds. The lowest BCUT2D eigenvalue weighted by molar-refractivity contribution is -0.288. The topological polar surface area (TPSA) is 142 Å². The zero-order valence-electron chi connectivity index (χ0n) is 33.8. The van der Waals surface area contributed by atoms with Crippen LogP contribution in [-0.4, -0.2) is 76.1 Å². The van der Waals surface area contributed by atoms with Gasteiger partial charge in [0.05, 0.1) is 50.8 Å². The molecule has 0 N–H and O–H groups in total. The monoisotopic (exact) mass is 820 g/mol. The van der Waals surface area contributed by atoms with Crippen LogP contribution in [0.1, 0.15) is 72.1 Å². The maximum Gasteiger partial charge on any atom is 0.340 e. The Morgan fingerprint density at radius 1 is 0.467 bits per heavy atom. The molecule has 12 nitrogen and oxygen atoms in total. The van der Waals surface area contributed by atoms with Crippen molar-refractivity contribution in [3.63, 3.8) is 0 Å². The maximum atomic E-state index is 13.1. The normalized spacial score (nSPS) is 14.6. The first-order valence-corrected chi connectivity index (χ1v) is 20.2. The Hall–Kier alpha value is -6.24. The Labute approximate surface area is 351 Å². The number of carbonyl (C=O) groups is 4. The molecule has 60 heavy (non-hydrogen) atoms. The van der Waals surface area contributed by atoms with Crippen LogP contribution in [0.2, 0.25) is 0 Å². The summed E-state index contributed by atoms with van der Waals surface area (Å²) in [6.45, 7) is 9.05. The first-order valence-electron chi connectivity index (χ1n) is 20.2. The fourth-order valence-corrected chi connectivity index (χ4v) is 6.06. The van der Waals surface area contributed by atoms with Crippen molar-refractivity contribution in [1.82, 2.24) is 0 Å². The van der Waals surface area contributed by atoms with Crippen LogP contribution in [0.4, 0.5) is 0 Å². The molecule has 1 saturated heterocycles. The van der Waals surface area contributed by atoms with E-state index >= 15 is 0 Å². The molecule has 12 heteroatoms. The highest BCUT2D eigenvalue weighted by Gasteiger charge is 2.34. The van der Waals surface area contributed by atoms with Gasteiger partial charge >= 0.3 is 23.9 Å². The summed E-state index contributed by atoms with van der Waals surface area (Å²) < 4.78 is 44.1. The number of hydrogen-bond donors (Lipinski definition) is 0. The summed E-state index contributed by atoms with van der Waals surface area (Å²) in [5.41, 5.74) is 4.29. The second-order valence-electron chi connectivity index (χ2n) is 13.8. The van der Waals surface area contributed by atoms with E-state index in [1.54, 1.807) is 24.3 Å². The third-order valence-electron chi connectivity index (χ3n) is 9.37. The Kier molecular flexibility index (Phi) is 18.4. The number of carbonyl (C=O) groups excluding carboxylic acids is 4. The van der Waals surface area contributed by atoms with E-state index < -0.39 is 36.5 Å². The highest BCUT2D eigenvalue weighted by atomic mass is 16.8. The molecular weight excluding hydrogens is 769 g/mol. The van der Waals surface area contributed by atoms with Crippen molar-refractivity contribution in [2.24, 2.45) is 0 Å². The minimum Gasteiger partial charge on any atom is -0.494 e. The van der Waals surface area contributed by atoms with Gasteiger partial charge in [0.1, 0.15) is 11.5 Å². The van der Waals surface area contributed by atoms with E-state index in [0.29, 0.717) is 37.6 Å². The summed E-state index contributed by atoms with van der Waals surface area (Å²) in [6, 6.07) is 29.3. The van der Waals surface area contributed by atoms with Crippen LogP contribution < -0.4 is 9.47 Å². The highest BCUT2D eigenvalue weighted by Crippen LogP contribution is 2.26. The molecule has 0 aromatic heterocycles. The average molecular weight is 821 g/mol. The van der Waals surface area contributed by atoms with Gasteiger partial charge in [-0.1, -0.05) is 61.7 Å². The second kappa shape index (κ2) is 24.6. The van der Waals surface area contributed by atoms with E-state index in [2.05, 4.69) is 13.2 Å². The third-order valence-corrected chi connectivity index (χ3v) is 9.37. The van der Waals surface area contributed by atoms with Gasteiger partial charge in [0.15, 0.2) is 0 Å². The smallest absolute Gasteiger partial charge is 0.340 e. The van der Waals surface area contributed by atoms with E-state index in [1.807, 2.05) is 72.8 Å². The molecule has 0 bridgehead atoms. The number of esters is 4. The Morgan fingerprint density at radius 2 is 0.783 bits per heavy atom. The van der Waals surface area contributed by atoms with Gasteiger partial charge in [0.25, 0.3) is 12.6 Å². The SMILES string of the molecule is C=CC(=O)OCCCCCCOc1ccc(-c2ccc(C(=O)O[C@H]3OCCO[C@@H]3OC(=O)c3ccc(-c4ccc(OCCCCCCOC(=O)C=C)cc4)cc3)cc2)cc1. The van der Waals surface area contributed by atoms with E-state index in [1.165, 1.54) is 0 Å². The lowest BCUT2D eigenvalue weighted by Crippen LogP contribution is -2.44. The fraction of sp³-hybridized carbons (Fsp3) is 0.333. The molecular formula is C48H52O12. The molecule has 316 valence electrons. The maximum absolute atomic E-state index is 13.1. The van der Waals surface area contributed by atoms with Crippen LogP contribution in [0.25, 0.3) is 22.3 Å². The van der Waals surface area contributed by atoms with Crippen molar-refractivity contribution in [2.75, 3.05) is 39.6 Å². The lowest BCUT2D eigenvalue weighted by atomic mass is 10.0. The summed E-state index contributed by atoms with van der Waals surface area (Å²) in [5, 5.41) is 0. The van der Waals surface area contributed by atoms with Gasteiger partial charge in [0, 0.05) is 12.2 Å². The van der Waals surface area contributed by atoms with Gasteiger partial charge < -0.3 is 37.9 Å². The summed E-state index contributed by atoms with van der Waals surface area (Å²) in [4.78, 5) is 48.4. The van der Waals surface area contributed by atoms with E-state index in [-0.39, 0.29) is 13.2 Å². The second-order valence-corrected chi connectivity index (χ2v) is 13.8. The predicted octanol–water partition coefficient (Wildman–Crippen LogP) is 9.07. The van der Waals surface area contributed by atoms with Crippen LogP contribution in [0.15, 0.2) is 122 Å². The molecule has 0 unspecified atom stereocenters. The molecule has 4 aromatic rings. The van der Waals surface area contributed by atoms with E-state index in [0.717, 1.165) is 97.3 Å². The third kappa shape index (κ3) is 14.9. The van der Waals surface area contributed by atoms with Crippen LogP contribution in [0.3, 0.4) is 0 Å². The molecule has 1 aliphatic rings. The molecule has 2 atom stereocenters. The zero-order chi connectivity index (χ0) is 42.4. The summed E-state index contributed by atoms with van der Waals surface area (Å²) in [5.74, 6) is -0.575. The largest absolute Gasteiger partial charge is 0.494 e. The van der Waals surface area contributed by atoms with Crippen LogP contribution in [-0.2, 0) is 38.0 Å². The Bertz CT molecular complexity index is 1830. The summed E-state index contributed by atoms with van der Waals surface area (Å²) in [6.07, 6.45) is 7.05. The number of ether oxygens (including phenoxy) is 8. The Morgan fingerprint density at radius 3 is 1.12 bits per heavy atom. The minimum absolute atomic E-state index is 0.162. The van der Waals surface area contributed by atoms with Crippen LogP contribution in [0, 0.1) is 0 Å². The van der Waals surface area contributed by atoms with Gasteiger partial charge in [-0.3, -0.25) is 0 Å². The van der Waals surface area contributed by atoms with Crippen molar-refractivity contribution in [3.05, 3.63) is 133 Å². The van der Waals surface area contributed by atoms with Crippen molar-refractivity contribution in [2.45, 2.75) is 63.9 Å². The standard InChI is InChI=1S/C48H52O12/c1-3-43(49)55-31-11-7-5-9-29-53-41-25-21-37(22-26-41)35-13-17-39(18-14-35)45(51)59-47-48(58-34-33-57-47)60-46(52)40-19-15-36(16-20-40)38-23-27-42(28-24-38)54-30-10-6-8-12-32-56-44(50)4-2/h3-4,13-28,47-48H,1-2,5-12,29-34H2/t47-,48-/m1/s1. The number of rotatable bonds is 24. The summed E-state index contributed by atoms with van der Waals surface area (Å²) in [7, 11) is 0. The van der Waals surface area contributed by atoms with Crippen molar-refractivity contribution < 1.29 is 57.1 Å². The minimum atomic E-state index is -1.25. The molecule has 1 aliphatic heterocycles. The quantitative estimate of drug-likeness (QED) is 0.0288. The number of benzene rings is 4. The van der Waals surface area contributed by atoms with Crippen molar-refractivity contribution in [1.29, 1.82) is 0 Å². The van der Waals surface area contributed by atoms with E-state index in [9.17, 15) is 19.2 Å². The molecule has 0 saturated carbocycles. The molecule has 5 rings (SSSR count). The number of hydrogen-bond acceptors (Lipinski definition) is 12. The van der Waals surface area contributed by atoms with Crippen LogP contribution in [0.5, 0.6) is 11.5 Å². The highest BCUT2D eigenvalue weighted by molar-refractivity contribution is 5.91. The molecule has 0 radical (unpaired) electrons. The van der Waals surface area contributed by atoms with Gasteiger partial charge in [0.2, 0.25) is 0 Å². The van der Waals surface area contributed by atoms with Gasteiger partial charge in [-0.15, -0.1) is 0 Å². The number of unbranched alkanes of at least 4 members (excludes halogenated alkanes) is 6. The lowest BCUT2D eigenvalue weighted by Gasteiger charge is -2.30.